The molecule has 16 heavy (non-hydrogen) atoms. The molecule has 0 spiro atoms. The first-order valence-corrected chi connectivity index (χ1v) is 5.88. The lowest BCUT2D eigenvalue weighted by molar-refractivity contribution is 0.998. The van der Waals surface area contributed by atoms with E-state index in [1.807, 2.05) is 32.3 Å². The Balaban J connectivity index is 2.82. The Morgan fingerprint density at radius 1 is 1.38 bits per heavy atom. The number of benzene rings is 1. The van der Waals surface area contributed by atoms with Crippen molar-refractivity contribution in [3.05, 3.63) is 34.4 Å². The number of hydrogen-bond donors (Lipinski definition) is 1. The maximum Gasteiger partial charge on any atom is 0.0868 e. The summed E-state index contributed by atoms with van der Waals surface area (Å²) >= 11 is 3.52. The molecule has 0 unspecified atom stereocenters. The zero-order chi connectivity index (χ0) is 11.7. The Morgan fingerprint density at radius 2 is 2.12 bits per heavy atom. The summed E-state index contributed by atoms with van der Waals surface area (Å²) in [6.45, 7) is 0.456. The highest BCUT2D eigenvalue weighted by atomic mass is 79.9. The van der Waals surface area contributed by atoms with Crippen LogP contribution in [0.4, 0.5) is 5.69 Å². The van der Waals surface area contributed by atoms with Gasteiger partial charge in [0.15, 0.2) is 0 Å². The Morgan fingerprint density at radius 3 is 2.75 bits per heavy atom. The van der Waals surface area contributed by atoms with Crippen molar-refractivity contribution in [2.45, 2.75) is 6.54 Å². The predicted octanol–water partition coefficient (Wildman–Crippen LogP) is 2.52. The summed E-state index contributed by atoms with van der Waals surface area (Å²) in [6, 6.07) is 8.12. The summed E-state index contributed by atoms with van der Waals surface area (Å²) in [5.41, 5.74) is 8.68. The summed E-state index contributed by atoms with van der Waals surface area (Å²) < 4.78 is 1.00. The van der Waals surface area contributed by atoms with Crippen molar-refractivity contribution < 1.29 is 0 Å². The minimum atomic E-state index is 0.456. The molecule has 0 saturated heterocycles. The summed E-state index contributed by atoms with van der Waals surface area (Å²) in [7, 11) is 4.05. The van der Waals surface area contributed by atoms with Gasteiger partial charge in [-0.05, 0) is 28.1 Å². The summed E-state index contributed by atoms with van der Waals surface area (Å²) in [5, 5.41) is 1.14. The van der Waals surface area contributed by atoms with Gasteiger partial charge in [0.2, 0.25) is 0 Å². The topological polar surface area (TPSA) is 42.1 Å². The highest BCUT2D eigenvalue weighted by molar-refractivity contribution is 9.10. The molecule has 0 atom stereocenters. The number of hydrogen-bond acceptors (Lipinski definition) is 3. The van der Waals surface area contributed by atoms with Crippen LogP contribution < -0.4 is 10.6 Å². The molecule has 2 rings (SSSR count). The lowest BCUT2D eigenvalue weighted by Crippen LogP contribution is -2.11. The largest absolute Gasteiger partial charge is 0.377 e. The van der Waals surface area contributed by atoms with Gasteiger partial charge < -0.3 is 10.6 Å². The number of rotatable bonds is 2. The standard InChI is InChI=1S/C12H14BrN3/c1-16(2)11-6-8(7-14)15-12-9(11)4-3-5-10(12)13/h3-6H,7,14H2,1-2H3. The number of anilines is 1. The molecular formula is C12H14BrN3. The van der Waals surface area contributed by atoms with Gasteiger partial charge in [0.1, 0.15) is 0 Å². The van der Waals surface area contributed by atoms with Gasteiger partial charge in [0, 0.05) is 36.2 Å². The second kappa shape index (κ2) is 4.39. The lowest BCUT2D eigenvalue weighted by atomic mass is 10.1. The number of aromatic nitrogens is 1. The van der Waals surface area contributed by atoms with Crippen LogP contribution in [0.3, 0.4) is 0 Å². The van der Waals surface area contributed by atoms with E-state index in [9.17, 15) is 0 Å². The van der Waals surface area contributed by atoms with Crippen molar-refractivity contribution in [3.63, 3.8) is 0 Å². The maximum absolute atomic E-state index is 5.66. The number of para-hydroxylation sites is 1. The Bertz CT molecular complexity index is 523. The molecule has 1 aromatic carbocycles. The minimum Gasteiger partial charge on any atom is -0.377 e. The van der Waals surface area contributed by atoms with Crippen molar-refractivity contribution in [2.24, 2.45) is 5.73 Å². The van der Waals surface area contributed by atoms with Crippen LogP contribution in [-0.2, 0) is 6.54 Å². The molecule has 84 valence electrons. The molecule has 1 heterocycles. The van der Waals surface area contributed by atoms with Gasteiger partial charge in [-0.15, -0.1) is 0 Å². The Hall–Kier alpha value is -1.13. The van der Waals surface area contributed by atoms with Gasteiger partial charge in [0.05, 0.1) is 11.2 Å². The van der Waals surface area contributed by atoms with E-state index in [0.29, 0.717) is 6.54 Å². The van der Waals surface area contributed by atoms with Gasteiger partial charge in [0.25, 0.3) is 0 Å². The molecule has 2 N–H and O–H groups in total. The van der Waals surface area contributed by atoms with Gasteiger partial charge >= 0.3 is 0 Å². The van der Waals surface area contributed by atoms with Crippen LogP contribution in [0.1, 0.15) is 5.69 Å². The second-order valence-electron chi connectivity index (χ2n) is 3.87. The first kappa shape index (κ1) is 11.4. The number of halogens is 1. The molecule has 1 aromatic heterocycles. The number of pyridine rings is 1. The van der Waals surface area contributed by atoms with E-state index >= 15 is 0 Å². The SMILES string of the molecule is CN(C)c1cc(CN)nc2c(Br)cccc12. The maximum atomic E-state index is 5.66. The van der Waals surface area contributed by atoms with E-state index in [-0.39, 0.29) is 0 Å². The third-order valence-corrected chi connectivity index (χ3v) is 3.15. The van der Waals surface area contributed by atoms with E-state index in [0.717, 1.165) is 26.8 Å². The van der Waals surface area contributed by atoms with E-state index in [4.69, 9.17) is 5.73 Å². The fraction of sp³-hybridized carbons (Fsp3) is 0.250. The molecular weight excluding hydrogens is 266 g/mol. The average molecular weight is 280 g/mol. The molecule has 0 aliphatic heterocycles. The van der Waals surface area contributed by atoms with Crippen LogP contribution in [0.15, 0.2) is 28.7 Å². The Kier molecular flexibility index (Phi) is 3.12. The third kappa shape index (κ3) is 1.90. The van der Waals surface area contributed by atoms with Crippen LogP contribution >= 0.6 is 15.9 Å². The minimum absolute atomic E-state index is 0.456. The van der Waals surface area contributed by atoms with Gasteiger partial charge in [-0.3, -0.25) is 4.98 Å². The first-order chi connectivity index (χ1) is 7.63. The summed E-state index contributed by atoms with van der Waals surface area (Å²) in [6.07, 6.45) is 0. The highest BCUT2D eigenvalue weighted by Gasteiger charge is 2.08. The van der Waals surface area contributed by atoms with E-state index in [1.54, 1.807) is 0 Å². The van der Waals surface area contributed by atoms with Gasteiger partial charge in [-0.2, -0.15) is 0 Å². The molecule has 2 aromatic rings. The van der Waals surface area contributed by atoms with Crippen LogP contribution in [0.2, 0.25) is 0 Å². The van der Waals surface area contributed by atoms with Crippen molar-refractivity contribution in [2.75, 3.05) is 19.0 Å². The molecule has 0 aliphatic carbocycles. The second-order valence-corrected chi connectivity index (χ2v) is 4.72. The fourth-order valence-electron chi connectivity index (χ4n) is 1.72. The molecule has 3 nitrogen and oxygen atoms in total. The monoisotopic (exact) mass is 279 g/mol. The summed E-state index contributed by atoms with van der Waals surface area (Å²) in [4.78, 5) is 6.62. The number of fused-ring (bicyclic) bond motifs is 1. The van der Waals surface area contributed by atoms with Crippen molar-refractivity contribution in [1.29, 1.82) is 0 Å². The fourth-order valence-corrected chi connectivity index (χ4v) is 2.18. The Labute approximate surface area is 103 Å². The van der Waals surface area contributed by atoms with Crippen molar-refractivity contribution in [3.8, 4) is 0 Å². The smallest absolute Gasteiger partial charge is 0.0868 e. The molecule has 0 saturated carbocycles. The highest BCUT2D eigenvalue weighted by Crippen LogP contribution is 2.29. The number of nitrogens with zero attached hydrogens (tertiary/aromatic N) is 2. The van der Waals surface area contributed by atoms with Crippen molar-refractivity contribution in [1.82, 2.24) is 4.98 Å². The zero-order valence-corrected chi connectivity index (χ0v) is 11.0. The zero-order valence-electron chi connectivity index (χ0n) is 9.37. The molecule has 0 aliphatic rings. The van der Waals surface area contributed by atoms with Crippen LogP contribution in [0, 0.1) is 0 Å². The third-order valence-electron chi connectivity index (χ3n) is 2.51. The van der Waals surface area contributed by atoms with Crippen LogP contribution in [0.5, 0.6) is 0 Å². The molecule has 4 heteroatoms. The molecule has 0 amide bonds. The number of nitrogens with two attached hydrogens (primary N) is 1. The molecule has 0 fully saturated rings. The van der Waals surface area contributed by atoms with Crippen LogP contribution in [-0.4, -0.2) is 19.1 Å². The summed E-state index contributed by atoms with van der Waals surface area (Å²) in [5.74, 6) is 0. The molecule has 0 bridgehead atoms. The molecule has 0 radical (unpaired) electrons. The van der Waals surface area contributed by atoms with E-state index in [2.05, 4.69) is 31.9 Å². The van der Waals surface area contributed by atoms with E-state index < -0.39 is 0 Å². The lowest BCUT2D eigenvalue weighted by Gasteiger charge is -2.16. The predicted molar refractivity (Wildman–Crippen MR) is 71.7 cm³/mol. The quantitative estimate of drug-likeness (QED) is 0.919. The van der Waals surface area contributed by atoms with E-state index in [1.165, 1.54) is 0 Å². The van der Waals surface area contributed by atoms with Gasteiger partial charge in [-0.1, -0.05) is 12.1 Å². The van der Waals surface area contributed by atoms with Gasteiger partial charge in [-0.25, -0.2) is 0 Å². The first-order valence-electron chi connectivity index (χ1n) is 5.09. The average Bonchev–Trinajstić information content (AvgIpc) is 2.28. The van der Waals surface area contributed by atoms with Crippen LogP contribution in [0.25, 0.3) is 10.9 Å². The van der Waals surface area contributed by atoms with Crippen molar-refractivity contribution >= 4 is 32.5 Å². The normalized spacial score (nSPS) is 10.8.